The van der Waals surface area contributed by atoms with Crippen LogP contribution in [0.15, 0.2) is 66.9 Å². The topological polar surface area (TPSA) is 45.2 Å². The zero-order chi connectivity index (χ0) is 22.6. The normalized spacial score (nSPS) is 17.6. The molecule has 1 saturated heterocycles. The highest BCUT2D eigenvalue weighted by molar-refractivity contribution is 6.42. The molecule has 4 rings (SSSR count). The summed E-state index contributed by atoms with van der Waals surface area (Å²) in [7, 11) is 0. The van der Waals surface area contributed by atoms with Gasteiger partial charge in [0.15, 0.2) is 0 Å². The van der Waals surface area contributed by atoms with E-state index in [4.69, 9.17) is 23.2 Å². The molecule has 34 heavy (non-hydrogen) atoms. The number of piperidine rings is 1. The van der Waals surface area contributed by atoms with Gasteiger partial charge in [0.05, 0.1) is 10.0 Å². The Morgan fingerprint density at radius 1 is 1.03 bits per heavy atom. The maximum Gasteiger partial charge on any atom is 0.228 e. The molecule has 1 aliphatic heterocycles. The predicted octanol–water partition coefficient (Wildman–Crippen LogP) is 6.62. The standard InChI is InChI=1S/C25H24Cl2FN3O.2ClH/c26-20-9-8-19(15-21(20)27)25(12-14-29-16-18-5-1-2-6-22(18)28)11-10-24(32)31(17-25)23-7-3-4-13-30-23;;/h1-9,13,15,29H,10-12,14,16-17H2;2*1H/t25-;;/m1../s1. The summed E-state index contributed by atoms with van der Waals surface area (Å²) in [5.41, 5.74) is 1.33. The number of nitrogens with one attached hydrogen (secondary N) is 1. The summed E-state index contributed by atoms with van der Waals surface area (Å²) in [6.07, 6.45) is 3.53. The van der Waals surface area contributed by atoms with Crippen LogP contribution in [-0.4, -0.2) is 24.0 Å². The number of amides is 1. The second-order valence-corrected chi connectivity index (χ2v) is 8.91. The van der Waals surface area contributed by atoms with Crippen molar-refractivity contribution in [3.8, 4) is 0 Å². The molecule has 0 aliphatic carbocycles. The van der Waals surface area contributed by atoms with Gasteiger partial charge in [-0.3, -0.25) is 9.69 Å². The summed E-state index contributed by atoms with van der Waals surface area (Å²) < 4.78 is 14.0. The first kappa shape index (κ1) is 28.3. The minimum absolute atomic E-state index is 0. The molecule has 4 nitrogen and oxygen atoms in total. The number of aromatic nitrogens is 1. The molecule has 1 aromatic heterocycles. The molecule has 1 N–H and O–H groups in total. The summed E-state index contributed by atoms with van der Waals surface area (Å²) in [5.74, 6) is 0.475. The third-order valence-corrected chi connectivity index (χ3v) is 6.83. The van der Waals surface area contributed by atoms with Gasteiger partial charge in [-0.2, -0.15) is 0 Å². The number of halogens is 5. The van der Waals surface area contributed by atoms with Gasteiger partial charge in [0, 0.05) is 36.7 Å². The van der Waals surface area contributed by atoms with Crippen molar-refractivity contribution in [2.75, 3.05) is 18.0 Å². The lowest BCUT2D eigenvalue weighted by Crippen LogP contribution is -2.50. The van der Waals surface area contributed by atoms with Crippen LogP contribution in [0.4, 0.5) is 10.2 Å². The minimum Gasteiger partial charge on any atom is -0.313 e. The first-order valence-electron chi connectivity index (χ1n) is 10.6. The highest BCUT2D eigenvalue weighted by Crippen LogP contribution is 2.40. The third kappa shape index (κ3) is 6.41. The Morgan fingerprint density at radius 2 is 1.79 bits per heavy atom. The summed E-state index contributed by atoms with van der Waals surface area (Å²) in [6.45, 7) is 1.58. The Labute approximate surface area is 221 Å². The van der Waals surface area contributed by atoms with Crippen LogP contribution < -0.4 is 10.2 Å². The first-order valence-corrected chi connectivity index (χ1v) is 11.4. The lowest BCUT2D eigenvalue weighted by Gasteiger charge is -2.43. The number of carbonyl (C=O) groups excluding carboxylic acids is 1. The van der Waals surface area contributed by atoms with E-state index in [0.717, 1.165) is 12.0 Å². The average Bonchev–Trinajstić information content (AvgIpc) is 2.81. The van der Waals surface area contributed by atoms with Crippen molar-refractivity contribution in [1.82, 2.24) is 10.3 Å². The minimum atomic E-state index is -0.331. The maximum atomic E-state index is 14.0. The maximum absolute atomic E-state index is 14.0. The molecule has 3 aromatic rings. The number of anilines is 1. The summed E-state index contributed by atoms with van der Waals surface area (Å²) in [5, 5.41) is 4.34. The number of hydrogen-bond acceptors (Lipinski definition) is 3. The van der Waals surface area contributed by atoms with Gasteiger partial charge in [0.25, 0.3) is 0 Å². The summed E-state index contributed by atoms with van der Waals surface area (Å²) in [4.78, 5) is 18.9. The van der Waals surface area contributed by atoms with Crippen LogP contribution in [0.2, 0.25) is 10.0 Å². The Morgan fingerprint density at radius 3 is 2.50 bits per heavy atom. The van der Waals surface area contributed by atoms with E-state index in [0.29, 0.717) is 53.9 Å². The van der Waals surface area contributed by atoms with E-state index < -0.39 is 0 Å². The molecule has 182 valence electrons. The smallest absolute Gasteiger partial charge is 0.228 e. The number of rotatable bonds is 7. The molecular weight excluding hydrogens is 519 g/mol. The van der Waals surface area contributed by atoms with Crippen molar-refractivity contribution in [2.24, 2.45) is 0 Å². The van der Waals surface area contributed by atoms with E-state index >= 15 is 0 Å². The number of pyridine rings is 1. The van der Waals surface area contributed by atoms with Crippen LogP contribution in [-0.2, 0) is 16.8 Å². The molecule has 0 spiro atoms. The first-order chi connectivity index (χ1) is 15.5. The van der Waals surface area contributed by atoms with E-state index in [1.54, 1.807) is 29.3 Å². The molecule has 9 heteroatoms. The van der Waals surface area contributed by atoms with Crippen molar-refractivity contribution in [1.29, 1.82) is 0 Å². The Kier molecular flexibility index (Phi) is 10.6. The Balaban J connectivity index is 0.00000204. The highest BCUT2D eigenvalue weighted by atomic mass is 35.5. The largest absolute Gasteiger partial charge is 0.313 e. The fourth-order valence-corrected chi connectivity index (χ4v) is 4.57. The highest BCUT2D eigenvalue weighted by Gasteiger charge is 2.41. The SMILES string of the molecule is Cl.Cl.O=C1CC[C@](CCNCc2ccccc2F)(c2ccc(Cl)c(Cl)c2)CN1c1ccccn1. The second-order valence-electron chi connectivity index (χ2n) is 8.10. The van der Waals surface area contributed by atoms with Crippen molar-refractivity contribution < 1.29 is 9.18 Å². The Bertz CT molecular complexity index is 1100. The molecule has 0 saturated carbocycles. The van der Waals surface area contributed by atoms with E-state index in [2.05, 4.69) is 10.3 Å². The number of benzene rings is 2. The van der Waals surface area contributed by atoms with Gasteiger partial charge in [-0.15, -0.1) is 24.8 Å². The molecule has 0 unspecified atom stereocenters. The van der Waals surface area contributed by atoms with Gasteiger partial charge in [0.2, 0.25) is 5.91 Å². The predicted molar refractivity (Wildman–Crippen MR) is 141 cm³/mol. The van der Waals surface area contributed by atoms with Gasteiger partial charge >= 0.3 is 0 Å². The molecule has 0 radical (unpaired) electrons. The van der Waals surface area contributed by atoms with Crippen molar-refractivity contribution in [2.45, 2.75) is 31.2 Å². The number of nitrogens with zero attached hydrogens (tertiary/aromatic N) is 2. The van der Waals surface area contributed by atoms with Crippen LogP contribution in [0.5, 0.6) is 0 Å². The van der Waals surface area contributed by atoms with Crippen LogP contribution in [0, 0.1) is 5.82 Å². The molecular formula is C25H26Cl4FN3O. The zero-order valence-corrected chi connectivity index (χ0v) is 21.5. The molecule has 2 heterocycles. The molecule has 2 aromatic carbocycles. The number of hydrogen-bond donors (Lipinski definition) is 1. The van der Waals surface area contributed by atoms with Crippen LogP contribution >= 0.6 is 48.0 Å². The van der Waals surface area contributed by atoms with Crippen LogP contribution in [0.3, 0.4) is 0 Å². The second kappa shape index (κ2) is 12.7. The Hall–Kier alpha value is -1.89. The molecule has 1 fully saturated rings. The fourth-order valence-electron chi connectivity index (χ4n) is 4.28. The quantitative estimate of drug-likeness (QED) is 0.340. The fraction of sp³-hybridized carbons (Fsp3) is 0.280. The van der Waals surface area contributed by atoms with E-state index in [1.807, 2.05) is 36.4 Å². The van der Waals surface area contributed by atoms with Gasteiger partial charge in [-0.25, -0.2) is 9.37 Å². The molecule has 0 bridgehead atoms. The number of carbonyl (C=O) groups is 1. The molecule has 1 atom stereocenters. The summed E-state index contributed by atoms with van der Waals surface area (Å²) in [6, 6.07) is 18.0. The van der Waals surface area contributed by atoms with Gasteiger partial charge in [0.1, 0.15) is 11.6 Å². The molecule has 1 aliphatic rings. The van der Waals surface area contributed by atoms with Gasteiger partial charge in [-0.1, -0.05) is 53.5 Å². The third-order valence-electron chi connectivity index (χ3n) is 6.09. The van der Waals surface area contributed by atoms with Crippen LogP contribution in [0.25, 0.3) is 0 Å². The van der Waals surface area contributed by atoms with E-state index in [-0.39, 0.29) is 42.0 Å². The van der Waals surface area contributed by atoms with Crippen molar-refractivity contribution >= 4 is 59.7 Å². The summed E-state index contributed by atoms with van der Waals surface area (Å²) >= 11 is 12.5. The lowest BCUT2D eigenvalue weighted by molar-refractivity contribution is -0.120. The lowest BCUT2D eigenvalue weighted by atomic mass is 9.71. The van der Waals surface area contributed by atoms with Gasteiger partial charge < -0.3 is 5.32 Å². The van der Waals surface area contributed by atoms with Crippen LogP contribution in [0.1, 0.15) is 30.4 Å². The van der Waals surface area contributed by atoms with E-state index in [1.165, 1.54) is 6.07 Å². The van der Waals surface area contributed by atoms with E-state index in [9.17, 15) is 9.18 Å². The zero-order valence-electron chi connectivity index (χ0n) is 18.3. The monoisotopic (exact) mass is 543 g/mol. The van der Waals surface area contributed by atoms with Crippen molar-refractivity contribution in [3.63, 3.8) is 0 Å². The van der Waals surface area contributed by atoms with Gasteiger partial charge in [-0.05, 0) is 55.3 Å². The molecule has 1 amide bonds. The van der Waals surface area contributed by atoms with Crippen molar-refractivity contribution in [3.05, 3.63) is 93.8 Å². The average molecular weight is 545 g/mol.